The Hall–Kier alpha value is -1.16. The monoisotopic (exact) mass is 206 g/mol. The second kappa shape index (κ2) is 5.07. The van der Waals surface area contributed by atoms with E-state index < -0.39 is 0 Å². The second-order valence-corrected chi connectivity index (χ2v) is 3.92. The van der Waals surface area contributed by atoms with Gasteiger partial charge in [-0.25, -0.2) is 9.67 Å². The molecular weight excluding hydrogens is 188 g/mol. The predicted octanol–water partition coefficient (Wildman–Crippen LogP) is 1.45. The van der Waals surface area contributed by atoms with Crippen molar-refractivity contribution in [1.82, 2.24) is 20.1 Å². The van der Waals surface area contributed by atoms with Crippen LogP contribution in [-0.4, -0.2) is 27.9 Å². The molecule has 1 aromatic rings. The van der Waals surface area contributed by atoms with Gasteiger partial charge in [0, 0.05) is 13.1 Å². The lowest BCUT2D eigenvalue weighted by Crippen LogP contribution is -2.23. The van der Waals surface area contributed by atoms with Crippen LogP contribution in [0.5, 0.6) is 0 Å². The molecule has 0 saturated carbocycles. The van der Waals surface area contributed by atoms with E-state index in [0.717, 1.165) is 31.9 Å². The molecule has 1 N–H and O–H groups in total. The summed E-state index contributed by atoms with van der Waals surface area (Å²) in [5.41, 5.74) is 1.44. The highest BCUT2D eigenvalue weighted by molar-refractivity contribution is 5.46. The first-order valence-electron chi connectivity index (χ1n) is 5.68. The van der Waals surface area contributed by atoms with Crippen LogP contribution in [0.1, 0.15) is 32.0 Å². The molecule has 1 saturated heterocycles. The van der Waals surface area contributed by atoms with Crippen LogP contribution in [0.2, 0.25) is 0 Å². The van der Waals surface area contributed by atoms with Crippen LogP contribution in [0, 0.1) is 0 Å². The molecule has 0 radical (unpaired) electrons. The summed E-state index contributed by atoms with van der Waals surface area (Å²) < 4.78 is 1.97. The van der Waals surface area contributed by atoms with Crippen LogP contribution in [-0.2, 0) is 6.54 Å². The number of hydrogen-bond acceptors (Lipinski definition) is 3. The molecule has 1 fully saturated rings. The summed E-state index contributed by atoms with van der Waals surface area (Å²) >= 11 is 0. The van der Waals surface area contributed by atoms with Gasteiger partial charge in [0.05, 0.1) is 0 Å². The van der Waals surface area contributed by atoms with Crippen molar-refractivity contribution in [3.63, 3.8) is 0 Å². The molecule has 0 unspecified atom stereocenters. The number of nitrogens with zero attached hydrogens (tertiary/aromatic N) is 3. The van der Waals surface area contributed by atoms with E-state index in [0.29, 0.717) is 0 Å². The Labute approximate surface area is 90.4 Å². The quantitative estimate of drug-likeness (QED) is 0.814. The third-order valence-corrected chi connectivity index (χ3v) is 2.62. The minimum atomic E-state index is 0.951. The van der Waals surface area contributed by atoms with Crippen molar-refractivity contribution in [1.29, 1.82) is 0 Å². The van der Waals surface area contributed by atoms with E-state index in [2.05, 4.69) is 28.4 Å². The van der Waals surface area contributed by atoms with E-state index >= 15 is 0 Å². The van der Waals surface area contributed by atoms with E-state index in [1.54, 1.807) is 6.33 Å². The van der Waals surface area contributed by atoms with Crippen LogP contribution in [0.4, 0.5) is 0 Å². The fourth-order valence-electron chi connectivity index (χ4n) is 1.85. The first kappa shape index (κ1) is 10.4. The van der Waals surface area contributed by atoms with Gasteiger partial charge in [0.2, 0.25) is 0 Å². The van der Waals surface area contributed by atoms with Crippen LogP contribution in [0.3, 0.4) is 0 Å². The molecule has 4 heteroatoms. The maximum absolute atomic E-state index is 4.28. The van der Waals surface area contributed by atoms with Gasteiger partial charge in [-0.3, -0.25) is 0 Å². The Morgan fingerprint density at radius 1 is 1.60 bits per heavy atom. The highest BCUT2D eigenvalue weighted by atomic mass is 15.3. The average molecular weight is 206 g/mol. The number of hydrogen-bond donors (Lipinski definition) is 1. The lowest BCUT2D eigenvalue weighted by molar-refractivity contribution is 0.591. The summed E-state index contributed by atoms with van der Waals surface area (Å²) in [5.74, 6) is 0.996. The summed E-state index contributed by atoms with van der Waals surface area (Å²) in [6.07, 6.45) is 7.32. The molecule has 82 valence electrons. The Balaban J connectivity index is 2.10. The Kier molecular flexibility index (Phi) is 3.50. The van der Waals surface area contributed by atoms with Gasteiger partial charge in [-0.05, 0) is 31.9 Å². The predicted molar refractivity (Wildman–Crippen MR) is 60.4 cm³/mol. The maximum atomic E-state index is 4.28. The smallest absolute Gasteiger partial charge is 0.150 e. The Bertz CT molecular complexity index is 332. The molecule has 0 atom stereocenters. The van der Waals surface area contributed by atoms with Gasteiger partial charge in [0.1, 0.15) is 6.33 Å². The van der Waals surface area contributed by atoms with Crippen LogP contribution >= 0.6 is 0 Å². The largest absolute Gasteiger partial charge is 0.313 e. The normalized spacial score (nSPS) is 19.7. The zero-order valence-electron chi connectivity index (χ0n) is 9.24. The SMILES string of the molecule is CCCn1ncnc1C=C1CCCNC1. The van der Waals surface area contributed by atoms with Crippen molar-refractivity contribution in [2.45, 2.75) is 32.7 Å². The van der Waals surface area contributed by atoms with Gasteiger partial charge < -0.3 is 5.32 Å². The first-order chi connectivity index (χ1) is 7.40. The number of aromatic nitrogens is 3. The number of piperidine rings is 1. The number of nitrogens with one attached hydrogen (secondary N) is 1. The molecular formula is C11H18N4. The summed E-state index contributed by atoms with van der Waals surface area (Å²) in [7, 11) is 0. The van der Waals surface area contributed by atoms with Gasteiger partial charge in [0.25, 0.3) is 0 Å². The molecule has 4 nitrogen and oxygen atoms in total. The number of rotatable bonds is 3. The number of aryl methyl sites for hydroxylation is 1. The third-order valence-electron chi connectivity index (χ3n) is 2.62. The fourth-order valence-corrected chi connectivity index (χ4v) is 1.85. The van der Waals surface area contributed by atoms with Gasteiger partial charge in [0.15, 0.2) is 5.82 Å². The molecule has 2 rings (SSSR count). The molecule has 0 spiro atoms. The summed E-state index contributed by atoms with van der Waals surface area (Å²) in [6.45, 7) is 5.24. The van der Waals surface area contributed by atoms with Gasteiger partial charge in [-0.2, -0.15) is 5.10 Å². The molecule has 1 aliphatic heterocycles. The van der Waals surface area contributed by atoms with Gasteiger partial charge >= 0.3 is 0 Å². The van der Waals surface area contributed by atoms with E-state index in [1.165, 1.54) is 18.4 Å². The van der Waals surface area contributed by atoms with Gasteiger partial charge in [-0.15, -0.1) is 0 Å². The van der Waals surface area contributed by atoms with Gasteiger partial charge in [-0.1, -0.05) is 12.5 Å². The molecule has 0 aromatic carbocycles. The van der Waals surface area contributed by atoms with E-state index in [4.69, 9.17) is 0 Å². The Morgan fingerprint density at radius 2 is 2.53 bits per heavy atom. The minimum absolute atomic E-state index is 0.951. The molecule has 1 aliphatic rings. The highest BCUT2D eigenvalue weighted by Gasteiger charge is 2.06. The lowest BCUT2D eigenvalue weighted by Gasteiger charge is -2.15. The molecule has 0 bridgehead atoms. The van der Waals surface area contributed by atoms with Crippen molar-refractivity contribution < 1.29 is 0 Å². The van der Waals surface area contributed by atoms with E-state index in [9.17, 15) is 0 Å². The van der Waals surface area contributed by atoms with Crippen LogP contribution in [0.25, 0.3) is 6.08 Å². The van der Waals surface area contributed by atoms with Crippen LogP contribution in [0.15, 0.2) is 11.9 Å². The molecule has 15 heavy (non-hydrogen) atoms. The highest BCUT2D eigenvalue weighted by Crippen LogP contribution is 2.12. The molecule has 1 aromatic heterocycles. The van der Waals surface area contributed by atoms with Crippen molar-refractivity contribution in [3.8, 4) is 0 Å². The lowest BCUT2D eigenvalue weighted by atomic mass is 10.1. The standard InChI is InChI=1S/C11H18N4/c1-2-6-15-11(13-9-14-15)7-10-4-3-5-12-8-10/h7,9,12H,2-6,8H2,1H3. The fraction of sp³-hybridized carbons (Fsp3) is 0.636. The average Bonchev–Trinajstić information content (AvgIpc) is 2.68. The van der Waals surface area contributed by atoms with E-state index in [1.807, 2.05) is 4.68 Å². The molecule has 2 heterocycles. The third kappa shape index (κ3) is 2.65. The van der Waals surface area contributed by atoms with Crippen molar-refractivity contribution in [2.75, 3.05) is 13.1 Å². The zero-order chi connectivity index (χ0) is 10.5. The minimum Gasteiger partial charge on any atom is -0.313 e. The van der Waals surface area contributed by atoms with Crippen molar-refractivity contribution in [3.05, 3.63) is 17.7 Å². The maximum Gasteiger partial charge on any atom is 0.150 e. The summed E-state index contributed by atoms with van der Waals surface area (Å²) in [6, 6.07) is 0. The van der Waals surface area contributed by atoms with E-state index in [-0.39, 0.29) is 0 Å². The van der Waals surface area contributed by atoms with Crippen molar-refractivity contribution in [2.24, 2.45) is 0 Å². The second-order valence-electron chi connectivity index (χ2n) is 3.92. The van der Waals surface area contributed by atoms with Crippen LogP contribution < -0.4 is 5.32 Å². The van der Waals surface area contributed by atoms with Crippen molar-refractivity contribution >= 4 is 6.08 Å². The zero-order valence-corrected chi connectivity index (χ0v) is 9.24. The first-order valence-corrected chi connectivity index (χ1v) is 5.68. The topological polar surface area (TPSA) is 42.7 Å². The Morgan fingerprint density at radius 3 is 3.27 bits per heavy atom. The molecule has 0 amide bonds. The summed E-state index contributed by atoms with van der Waals surface area (Å²) in [5, 5.41) is 7.58. The molecule has 0 aliphatic carbocycles. The summed E-state index contributed by atoms with van der Waals surface area (Å²) in [4.78, 5) is 4.28.